The van der Waals surface area contributed by atoms with Gasteiger partial charge in [0.05, 0.1) is 6.54 Å². The highest BCUT2D eigenvalue weighted by Crippen LogP contribution is 2.24. The topological polar surface area (TPSA) is 23.5 Å². The molecule has 0 bridgehead atoms. The molecular weight excluding hydrogens is 152 g/mol. The summed E-state index contributed by atoms with van der Waals surface area (Å²) >= 11 is 0. The summed E-state index contributed by atoms with van der Waals surface area (Å²) in [5.41, 5.74) is 0. The van der Waals surface area contributed by atoms with Gasteiger partial charge in [-0.25, -0.2) is 8.78 Å². The molecule has 11 heavy (non-hydrogen) atoms. The molecule has 1 aliphatic heterocycles. The van der Waals surface area contributed by atoms with Gasteiger partial charge in [0.2, 0.25) is 0 Å². The van der Waals surface area contributed by atoms with Gasteiger partial charge in [-0.1, -0.05) is 0 Å². The van der Waals surface area contributed by atoms with Crippen LogP contribution in [0.5, 0.6) is 0 Å². The molecule has 0 unspecified atom stereocenters. The summed E-state index contributed by atoms with van der Waals surface area (Å²) in [4.78, 5) is 1.64. The maximum absolute atomic E-state index is 12.2. The second kappa shape index (κ2) is 4.62. The SMILES string of the molecule is CCO.CN1CCC(F)(F)C1. The molecule has 4 heteroatoms. The van der Waals surface area contributed by atoms with Gasteiger partial charge in [0.1, 0.15) is 0 Å². The molecule has 1 fully saturated rings. The van der Waals surface area contributed by atoms with E-state index in [2.05, 4.69) is 0 Å². The zero-order valence-electron chi connectivity index (χ0n) is 6.98. The smallest absolute Gasteiger partial charge is 0.261 e. The molecule has 0 amide bonds. The number of halogens is 2. The van der Waals surface area contributed by atoms with Crippen molar-refractivity contribution < 1.29 is 13.9 Å². The van der Waals surface area contributed by atoms with Gasteiger partial charge >= 0.3 is 0 Å². The third kappa shape index (κ3) is 5.09. The van der Waals surface area contributed by atoms with Crippen LogP contribution in [0.2, 0.25) is 0 Å². The Morgan fingerprint density at radius 3 is 2.09 bits per heavy atom. The Labute approximate surface area is 65.8 Å². The average molecular weight is 167 g/mol. The van der Waals surface area contributed by atoms with E-state index in [1.54, 1.807) is 18.9 Å². The molecule has 1 N–H and O–H groups in total. The van der Waals surface area contributed by atoms with Crippen LogP contribution in [-0.2, 0) is 0 Å². The van der Waals surface area contributed by atoms with Crippen molar-refractivity contribution in [1.29, 1.82) is 0 Å². The van der Waals surface area contributed by atoms with E-state index in [4.69, 9.17) is 5.11 Å². The van der Waals surface area contributed by atoms with Crippen molar-refractivity contribution in [3.8, 4) is 0 Å². The molecule has 0 radical (unpaired) electrons. The van der Waals surface area contributed by atoms with Gasteiger partial charge < -0.3 is 10.0 Å². The van der Waals surface area contributed by atoms with Crippen molar-refractivity contribution >= 4 is 0 Å². The second-order valence-corrected chi connectivity index (χ2v) is 2.66. The van der Waals surface area contributed by atoms with Crippen LogP contribution in [0.4, 0.5) is 8.78 Å². The lowest BCUT2D eigenvalue weighted by molar-refractivity contribution is 0.0146. The number of rotatable bonds is 0. The first-order chi connectivity index (χ1) is 5.02. The quantitative estimate of drug-likeness (QED) is 0.580. The van der Waals surface area contributed by atoms with Gasteiger partial charge in [-0.05, 0) is 14.0 Å². The van der Waals surface area contributed by atoms with Gasteiger partial charge in [0.25, 0.3) is 5.92 Å². The van der Waals surface area contributed by atoms with E-state index in [0.29, 0.717) is 6.54 Å². The van der Waals surface area contributed by atoms with E-state index in [-0.39, 0.29) is 19.6 Å². The standard InChI is InChI=1S/C5H9F2N.C2H6O/c1-8-3-2-5(6,7)4-8;1-2-3/h2-4H2,1H3;3H,2H2,1H3. The van der Waals surface area contributed by atoms with Crippen molar-refractivity contribution in [2.24, 2.45) is 0 Å². The molecule has 1 saturated heterocycles. The lowest BCUT2D eigenvalue weighted by Crippen LogP contribution is -2.21. The van der Waals surface area contributed by atoms with Crippen LogP contribution in [-0.4, -0.2) is 42.7 Å². The van der Waals surface area contributed by atoms with Gasteiger partial charge in [0.15, 0.2) is 0 Å². The third-order valence-corrected chi connectivity index (χ3v) is 1.36. The number of hydrogen-bond acceptors (Lipinski definition) is 2. The lowest BCUT2D eigenvalue weighted by Gasteiger charge is -2.06. The van der Waals surface area contributed by atoms with Crippen molar-refractivity contribution in [2.75, 3.05) is 26.7 Å². The predicted octanol–water partition coefficient (Wildman–Crippen LogP) is 0.956. The molecule has 0 saturated carbocycles. The molecule has 1 aliphatic rings. The molecule has 68 valence electrons. The second-order valence-electron chi connectivity index (χ2n) is 2.66. The lowest BCUT2D eigenvalue weighted by atomic mass is 10.3. The fourth-order valence-corrected chi connectivity index (χ4v) is 0.907. The summed E-state index contributed by atoms with van der Waals surface area (Å²) in [6, 6.07) is 0. The van der Waals surface area contributed by atoms with Gasteiger partial charge in [-0.3, -0.25) is 0 Å². The molecule has 0 aliphatic carbocycles. The van der Waals surface area contributed by atoms with Crippen molar-refractivity contribution in [3.05, 3.63) is 0 Å². The Morgan fingerprint density at radius 1 is 1.55 bits per heavy atom. The van der Waals surface area contributed by atoms with Crippen LogP contribution in [0.25, 0.3) is 0 Å². The van der Waals surface area contributed by atoms with Crippen LogP contribution in [0.1, 0.15) is 13.3 Å². The molecular formula is C7H15F2NO. The van der Waals surface area contributed by atoms with Crippen molar-refractivity contribution in [1.82, 2.24) is 4.90 Å². The number of alkyl halides is 2. The highest BCUT2D eigenvalue weighted by atomic mass is 19.3. The van der Waals surface area contributed by atoms with Crippen LogP contribution in [0, 0.1) is 0 Å². The first-order valence-corrected chi connectivity index (χ1v) is 3.69. The predicted molar refractivity (Wildman–Crippen MR) is 39.8 cm³/mol. The van der Waals surface area contributed by atoms with Crippen LogP contribution < -0.4 is 0 Å². The van der Waals surface area contributed by atoms with Crippen LogP contribution in [0.15, 0.2) is 0 Å². The van der Waals surface area contributed by atoms with Crippen LogP contribution >= 0.6 is 0 Å². The van der Waals surface area contributed by atoms with Gasteiger partial charge in [-0.2, -0.15) is 0 Å². The summed E-state index contributed by atoms with van der Waals surface area (Å²) in [7, 11) is 1.71. The fraction of sp³-hybridized carbons (Fsp3) is 1.00. The van der Waals surface area contributed by atoms with E-state index in [1.807, 2.05) is 0 Å². The largest absolute Gasteiger partial charge is 0.397 e. The summed E-state index contributed by atoms with van der Waals surface area (Å²) in [6.07, 6.45) is 0.0312. The van der Waals surface area contributed by atoms with Crippen molar-refractivity contribution in [3.63, 3.8) is 0 Å². The summed E-state index contributed by atoms with van der Waals surface area (Å²) in [5, 5.41) is 7.57. The summed E-state index contributed by atoms with van der Waals surface area (Å²) in [5.74, 6) is -2.41. The molecule has 0 atom stereocenters. The Hall–Kier alpha value is -0.220. The van der Waals surface area contributed by atoms with Gasteiger partial charge in [0, 0.05) is 19.6 Å². The van der Waals surface area contributed by atoms with E-state index < -0.39 is 5.92 Å². The Balaban J connectivity index is 0.000000292. The molecule has 0 aromatic rings. The third-order valence-electron chi connectivity index (χ3n) is 1.36. The molecule has 0 spiro atoms. The van der Waals surface area contributed by atoms with Crippen molar-refractivity contribution in [2.45, 2.75) is 19.3 Å². The molecule has 1 rings (SSSR count). The van der Waals surface area contributed by atoms with Gasteiger partial charge in [-0.15, -0.1) is 0 Å². The fourth-order valence-electron chi connectivity index (χ4n) is 0.907. The zero-order chi connectivity index (χ0) is 8.91. The minimum atomic E-state index is -2.41. The normalized spacial score (nSPS) is 22.6. The van der Waals surface area contributed by atoms with E-state index in [1.165, 1.54) is 0 Å². The van der Waals surface area contributed by atoms with E-state index >= 15 is 0 Å². The highest BCUT2D eigenvalue weighted by Gasteiger charge is 2.35. The number of aliphatic hydroxyl groups excluding tert-OH is 1. The minimum absolute atomic E-state index is 0.0312. The number of hydrogen-bond donors (Lipinski definition) is 1. The average Bonchev–Trinajstić information content (AvgIpc) is 2.11. The molecule has 2 nitrogen and oxygen atoms in total. The molecule has 0 aromatic heterocycles. The number of nitrogens with zero attached hydrogens (tertiary/aromatic N) is 1. The maximum atomic E-state index is 12.2. The Morgan fingerprint density at radius 2 is 2.00 bits per heavy atom. The van der Waals surface area contributed by atoms with Crippen LogP contribution in [0.3, 0.4) is 0 Å². The number of likely N-dealkylation sites (tertiary alicyclic amines) is 1. The maximum Gasteiger partial charge on any atom is 0.261 e. The first kappa shape index (κ1) is 10.8. The Kier molecular flexibility index (Phi) is 4.52. The monoisotopic (exact) mass is 167 g/mol. The first-order valence-electron chi connectivity index (χ1n) is 3.69. The van der Waals surface area contributed by atoms with E-state index in [0.717, 1.165) is 0 Å². The van der Waals surface area contributed by atoms with E-state index in [9.17, 15) is 8.78 Å². The number of aliphatic hydroxyl groups is 1. The Bertz CT molecular complexity index is 109. The molecule has 0 aromatic carbocycles. The summed E-state index contributed by atoms with van der Waals surface area (Å²) in [6.45, 7) is 2.40. The highest BCUT2D eigenvalue weighted by molar-refractivity contribution is 4.78. The summed E-state index contributed by atoms with van der Waals surface area (Å²) < 4.78 is 24.3. The molecule has 1 heterocycles. The minimum Gasteiger partial charge on any atom is -0.397 e. The zero-order valence-corrected chi connectivity index (χ0v) is 6.98.